The number of carbonyl (C=O) groups is 1. The molecule has 0 radical (unpaired) electrons. The lowest BCUT2D eigenvalue weighted by Crippen LogP contribution is -2.14. The molecule has 1 aromatic heterocycles. The van der Waals surface area contributed by atoms with Crippen LogP contribution in [0.1, 0.15) is 11.1 Å². The number of hydrogen-bond donors (Lipinski definition) is 1. The molecule has 0 spiro atoms. The Morgan fingerprint density at radius 3 is 2.88 bits per heavy atom. The number of methoxy groups -OCH3 is 1. The highest BCUT2D eigenvalue weighted by atomic mass is 32.2. The van der Waals surface area contributed by atoms with Gasteiger partial charge in [0.1, 0.15) is 0 Å². The van der Waals surface area contributed by atoms with Crippen LogP contribution in [0.15, 0.2) is 66.1 Å². The molecule has 0 aliphatic heterocycles. The van der Waals surface area contributed by atoms with E-state index in [-0.39, 0.29) is 11.7 Å². The summed E-state index contributed by atoms with van der Waals surface area (Å²) < 4.78 is 7.13. The summed E-state index contributed by atoms with van der Waals surface area (Å²) in [7, 11) is 1.65. The van der Waals surface area contributed by atoms with E-state index in [9.17, 15) is 4.79 Å². The van der Waals surface area contributed by atoms with E-state index in [1.807, 2.05) is 53.2 Å². The topological polar surface area (TPSA) is 56.1 Å². The number of ether oxygens (including phenoxy) is 1. The van der Waals surface area contributed by atoms with Crippen LogP contribution in [-0.4, -0.2) is 28.3 Å². The summed E-state index contributed by atoms with van der Waals surface area (Å²) >= 11 is 1.41. The number of thioether (sulfide) groups is 1. The zero-order valence-electron chi connectivity index (χ0n) is 14.8. The summed E-state index contributed by atoms with van der Waals surface area (Å²) in [6.07, 6.45) is 3.66. The molecule has 0 saturated carbocycles. The van der Waals surface area contributed by atoms with Crippen molar-refractivity contribution in [2.24, 2.45) is 0 Å². The minimum atomic E-state index is -0.0658. The summed E-state index contributed by atoms with van der Waals surface area (Å²) in [5.74, 6) is 0.223. The molecule has 5 nitrogen and oxygen atoms in total. The van der Waals surface area contributed by atoms with Crippen molar-refractivity contribution in [2.45, 2.75) is 18.7 Å². The van der Waals surface area contributed by atoms with Gasteiger partial charge in [0.15, 0.2) is 5.16 Å². The zero-order valence-corrected chi connectivity index (χ0v) is 15.6. The lowest BCUT2D eigenvalue weighted by atomic mass is 10.2. The molecule has 6 heteroatoms. The number of aryl methyl sites for hydroxylation is 1. The van der Waals surface area contributed by atoms with E-state index < -0.39 is 0 Å². The number of anilines is 1. The summed E-state index contributed by atoms with van der Waals surface area (Å²) in [4.78, 5) is 16.7. The fourth-order valence-corrected chi connectivity index (χ4v) is 3.41. The minimum Gasteiger partial charge on any atom is -0.380 e. The van der Waals surface area contributed by atoms with Gasteiger partial charge in [-0.2, -0.15) is 0 Å². The Kier molecular flexibility index (Phi) is 6.09. The SMILES string of the molecule is COCc1cccc(NC(=O)CSc2nccn2-c2ccccc2C)c1. The van der Waals surface area contributed by atoms with Crippen molar-refractivity contribution < 1.29 is 9.53 Å². The maximum atomic E-state index is 12.3. The predicted molar refractivity (Wildman–Crippen MR) is 105 cm³/mol. The standard InChI is InChI=1S/C20H21N3O2S/c1-15-6-3-4-9-18(15)23-11-10-21-20(23)26-14-19(24)22-17-8-5-7-16(12-17)13-25-2/h3-12H,13-14H2,1-2H3,(H,22,24). The summed E-state index contributed by atoms with van der Waals surface area (Å²) in [6, 6.07) is 15.8. The fourth-order valence-electron chi connectivity index (χ4n) is 2.65. The number of carbonyl (C=O) groups excluding carboxylic acids is 1. The molecule has 0 atom stereocenters. The van der Waals surface area contributed by atoms with Crippen LogP contribution in [-0.2, 0) is 16.1 Å². The molecule has 0 unspecified atom stereocenters. The van der Waals surface area contributed by atoms with E-state index in [2.05, 4.69) is 23.3 Å². The third-order valence-electron chi connectivity index (χ3n) is 3.84. The number of benzene rings is 2. The van der Waals surface area contributed by atoms with Gasteiger partial charge in [-0.15, -0.1) is 0 Å². The highest BCUT2D eigenvalue weighted by Gasteiger charge is 2.10. The van der Waals surface area contributed by atoms with Crippen LogP contribution in [0.5, 0.6) is 0 Å². The first-order valence-corrected chi connectivity index (χ1v) is 9.26. The Bertz CT molecular complexity index is 892. The van der Waals surface area contributed by atoms with Gasteiger partial charge in [-0.1, -0.05) is 42.1 Å². The first-order valence-electron chi connectivity index (χ1n) is 8.27. The monoisotopic (exact) mass is 367 g/mol. The van der Waals surface area contributed by atoms with E-state index in [0.29, 0.717) is 6.61 Å². The van der Waals surface area contributed by atoms with Crippen molar-refractivity contribution in [1.82, 2.24) is 9.55 Å². The second-order valence-corrected chi connectivity index (χ2v) is 6.78. The molecule has 3 rings (SSSR count). The van der Waals surface area contributed by atoms with Crippen LogP contribution >= 0.6 is 11.8 Å². The van der Waals surface area contributed by atoms with E-state index in [0.717, 1.165) is 27.7 Å². The average Bonchev–Trinajstić information content (AvgIpc) is 3.09. The average molecular weight is 367 g/mol. The number of imidazole rings is 1. The van der Waals surface area contributed by atoms with Gasteiger partial charge in [0.2, 0.25) is 5.91 Å². The van der Waals surface area contributed by atoms with Crippen LogP contribution in [0, 0.1) is 6.92 Å². The maximum absolute atomic E-state index is 12.3. The molecule has 2 aromatic carbocycles. The molecule has 0 saturated heterocycles. The zero-order chi connectivity index (χ0) is 18.4. The number of rotatable bonds is 7. The van der Waals surface area contributed by atoms with Gasteiger partial charge >= 0.3 is 0 Å². The lowest BCUT2D eigenvalue weighted by molar-refractivity contribution is -0.113. The number of aromatic nitrogens is 2. The molecule has 1 N–H and O–H groups in total. The van der Waals surface area contributed by atoms with Crippen molar-refractivity contribution in [1.29, 1.82) is 0 Å². The third kappa shape index (κ3) is 4.53. The largest absolute Gasteiger partial charge is 0.380 e. The highest BCUT2D eigenvalue weighted by molar-refractivity contribution is 7.99. The summed E-state index contributed by atoms with van der Waals surface area (Å²) in [5.41, 5.74) is 4.02. The first kappa shape index (κ1) is 18.2. The molecule has 0 aliphatic carbocycles. The van der Waals surface area contributed by atoms with Crippen molar-refractivity contribution in [3.63, 3.8) is 0 Å². The van der Waals surface area contributed by atoms with Crippen LogP contribution in [0.4, 0.5) is 5.69 Å². The Balaban J connectivity index is 1.63. The number of amides is 1. The fraction of sp³-hybridized carbons (Fsp3) is 0.200. The highest BCUT2D eigenvalue weighted by Crippen LogP contribution is 2.23. The van der Waals surface area contributed by atoms with E-state index in [1.54, 1.807) is 13.3 Å². The number of para-hydroxylation sites is 1. The van der Waals surface area contributed by atoms with Gasteiger partial charge in [0, 0.05) is 25.2 Å². The van der Waals surface area contributed by atoms with Gasteiger partial charge in [0.05, 0.1) is 18.0 Å². The molecular formula is C20H21N3O2S. The summed E-state index contributed by atoms with van der Waals surface area (Å²) in [6.45, 7) is 2.58. The lowest BCUT2D eigenvalue weighted by Gasteiger charge is -2.10. The number of nitrogens with zero attached hydrogens (tertiary/aromatic N) is 2. The normalized spacial score (nSPS) is 10.7. The Hall–Kier alpha value is -2.57. The minimum absolute atomic E-state index is 0.0658. The molecule has 134 valence electrons. The van der Waals surface area contributed by atoms with Crippen LogP contribution in [0.25, 0.3) is 5.69 Å². The van der Waals surface area contributed by atoms with Gasteiger partial charge in [-0.3, -0.25) is 9.36 Å². The Morgan fingerprint density at radius 1 is 1.23 bits per heavy atom. The van der Waals surface area contributed by atoms with Crippen LogP contribution in [0.2, 0.25) is 0 Å². The number of hydrogen-bond acceptors (Lipinski definition) is 4. The van der Waals surface area contributed by atoms with Crippen LogP contribution in [0.3, 0.4) is 0 Å². The van der Waals surface area contributed by atoms with Crippen molar-refractivity contribution >= 4 is 23.4 Å². The molecule has 26 heavy (non-hydrogen) atoms. The van der Waals surface area contributed by atoms with Gasteiger partial charge in [-0.05, 0) is 36.2 Å². The van der Waals surface area contributed by atoms with Crippen molar-refractivity contribution in [3.8, 4) is 5.69 Å². The molecule has 1 heterocycles. The summed E-state index contributed by atoms with van der Waals surface area (Å²) in [5, 5.41) is 3.72. The maximum Gasteiger partial charge on any atom is 0.234 e. The van der Waals surface area contributed by atoms with E-state index in [1.165, 1.54) is 11.8 Å². The van der Waals surface area contributed by atoms with E-state index in [4.69, 9.17) is 4.74 Å². The Morgan fingerprint density at radius 2 is 2.08 bits per heavy atom. The second-order valence-electron chi connectivity index (χ2n) is 5.84. The number of nitrogens with one attached hydrogen (secondary N) is 1. The smallest absolute Gasteiger partial charge is 0.234 e. The Labute approximate surface area is 157 Å². The quantitative estimate of drug-likeness (QED) is 0.640. The molecule has 0 bridgehead atoms. The van der Waals surface area contributed by atoms with Gasteiger partial charge in [-0.25, -0.2) is 4.98 Å². The van der Waals surface area contributed by atoms with Crippen molar-refractivity contribution in [3.05, 3.63) is 72.1 Å². The van der Waals surface area contributed by atoms with E-state index >= 15 is 0 Å². The predicted octanol–water partition coefficient (Wildman–Crippen LogP) is 4.06. The molecular weight excluding hydrogens is 346 g/mol. The molecule has 3 aromatic rings. The van der Waals surface area contributed by atoms with Crippen LogP contribution < -0.4 is 5.32 Å². The first-order chi connectivity index (χ1) is 12.7. The van der Waals surface area contributed by atoms with Gasteiger partial charge < -0.3 is 10.1 Å². The second kappa shape index (κ2) is 8.69. The molecule has 0 fully saturated rings. The van der Waals surface area contributed by atoms with Gasteiger partial charge in [0.25, 0.3) is 0 Å². The van der Waals surface area contributed by atoms with Crippen molar-refractivity contribution in [2.75, 3.05) is 18.2 Å². The molecule has 0 aliphatic rings. The molecule has 1 amide bonds. The third-order valence-corrected chi connectivity index (χ3v) is 4.80.